The SMILES string of the molecule is CN(C)C=NC1CCN(C(=O)c2ccc(F)cc2)CN1C#N. The Balaban J connectivity index is 2.05. The fourth-order valence-electron chi connectivity index (χ4n) is 2.18. The molecule has 116 valence electrons. The number of carbonyl (C=O) groups is 1. The molecule has 1 aromatic rings. The Morgan fingerprint density at radius 3 is 2.73 bits per heavy atom. The molecule has 1 aromatic carbocycles. The van der Waals surface area contributed by atoms with Crippen molar-refractivity contribution in [3.63, 3.8) is 0 Å². The van der Waals surface area contributed by atoms with E-state index in [2.05, 4.69) is 11.2 Å². The lowest BCUT2D eigenvalue weighted by molar-refractivity contribution is 0.0503. The van der Waals surface area contributed by atoms with Gasteiger partial charge in [-0.05, 0) is 24.3 Å². The topological polar surface area (TPSA) is 62.9 Å². The van der Waals surface area contributed by atoms with Crippen LogP contribution in [-0.2, 0) is 0 Å². The second-order valence-electron chi connectivity index (χ2n) is 5.28. The minimum absolute atomic E-state index is 0.183. The highest BCUT2D eigenvalue weighted by molar-refractivity contribution is 5.94. The van der Waals surface area contributed by atoms with Crippen molar-refractivity contribution in [1.82, 2.24) is 14.7 Å². The lowest BCUT2D eigenvalue weighted by Crippen LogP contribution is -2.50. The van der Waals surface area contributed by atoms with E-state index < -0.39 is 0 Å². The second-order valence-corrected chi connectivity index (χ2v) is 5.28. The number of hydrogen-bond donors (Lipinski definition) is 0. The Hall–Kier alpha value is -2.62. The van der Waals surface area contributed by atoms with Crippen molar-refractivity contribution >= 4 is 12.2 Å². The van der Waals surface area contributed by atoms with Gasteiger partial charge in [-0.25, -0.2) is 4.39 Å². The van der Waals surface area contributed by atoms with Gasteiger partial charge in [0, 0.05) is 32.6 Å². The zero-order valence-corrected chi connectivity index (χ0v) is 12.6. The molecular formula is C15H18FN5O. The van der Waals surface area contributed by atoms with Gasteiger partial charge >= 0.3 is 0 Å². The minimum atomic E-state index is -0.382. The molecule has 1 fully saturated rings. The highest BCUT2D eigenvalue weighted by atomic mass is 19.1. The van der Waals surface area contributed by atoms with Crippen LogP contribution in [0.2, 0.25) is 0 Å². The number of aliphatic imine (C=N–C) groups is 1. The van der Waals surface area contributed by atoms with Crippen LogP contribution in [0.25, 0.3) is 0 Å². The normalized spacial score (nSPS) is 18.4. The van der Waals surface area contributed by atoms with E-state index >= 15 is 0 Å². The van der Waals surface area contributed by atoms with Gasteiger partial charge in [0.1, 0.15) is 18.7 Å². The predicted molar refractivity (Wildman–Crippen MR) is 80.3 cm³/mol. The molecule has 7 heteroatoms. The van der Waals surface area contributed by atoms with Crippen LogP contribution in [0.1, 0.15) is 16.8 Å². The van der Waals surface area contributed by atoms with E-state index in [0.29, 0.717) is 18.5 Å². The quantitative estimate of drug-likeness (QED) is 0.480. The fourth-order valence-corrected chi connectivity index (χ4v) is 2.18. The van der Waals surface area contributed by atoms with E-state index in [1.807, 2.05) is 14.1 Å². The van der Waals surface area contributed by atoms with Gasteiger partial charge in [0.05, 0.1) is 6.34 Å². The summed E-state index contributed by atoms with van der Waals surface area (Å²) in [6.45, 7) is 0.686. The molecule has 1 amide bonds. The van der Waals surface area contributed by atoms with Crippen molar-refractivity contribution in [2.45, 2.75) is 12.6 Å². The molecule has 0 radical (unpaired) electrons. The molecule has 6 nitrogen and oxygen atoms in total. The van der Waals surface area contributed by atoms with Crippen LogP contribution in [0, 0.1) is 17.3 Å². The summed E-state index contributed by atoms with van der Waals surface area (Å²) in [5.74, 6) is -0.595. The first-order valence-electron chi connectivity index (χ1n) is 6.92. The van der Waals surface area contributed by atoms with Crippen molar-refractivity contribution in [3.8, 4) is 6.19 Å². The summed E-state index contributed by atoms with van der Waals surface area (Å²) in [6, 6.07) is 5.40. The highest BCUT2D eigenvalue weighted by Crippen LogP contribution is 2.17. The minimum Gasteiger partial charge on any atom is -0.369 e. The monoisotopic (exact) mass is 303 g/mol. The molecule has 22 heavy (non-hydrogen) atoms. The Morgan fingerprint density at radius 2 is 2.14 bits per heavy atom. The highest BCUT2D eigenvalue weighted by Gasteiger charge is 2.28. The largest absolute Gasteiger partial charge is 0.369 e. The predicted octanol–water partition coefficient (Wildman–Crippen LogP) is 1.33. The number of amides is 1. The van der Waals surface area contributed by atoms with Crippen molar-refractivity contribution in [2.24, 2.45) is 4.99 Å². The van der Waals surface area contributed by atoms with Crippen LogP contribution in [0.5, 0.6) is 0 Å². The third-order valence-electron chi connectivity index (χ3n) is 3.32. The van der Waals surface area contributed by atoms with E-state index in [9.17, 15) is 14.4 Å². The van der Waals surface area contributed by atoms with Crippen LogP contribution in [-0.4, -0.2) is 60.4 Å². The molecule has 1 heterocycles. The first-order chi connectivity index (χ1) is 10.5. The van der Waals surface area contributed by atoms with Crippen LogP contribution in [0.15, 0.2) is 29.3 Å². The van der Waals surface area contributed by atoms with Gasteiger partial charge in [0.25, 0.3) is 5.91 Å². The number of nitriles is 1. The molecule has 0 aromatic heterocycles. The summed E-state index contributed by atoms with van der Waals surface area (Å²) >= 11 is 0. The van der Waals surface area contributed by atoms with Crippen molar-refractivity contribution in [1.29, 1.82) is 5.26 Å². The third-order valence-corrected chi connectivity index (χ3v) is 3.32. The summed E-state index contributed by atoms with van der Waals surface area (Å²) in [6.07, 6.45) is 4.04. The average Bonchev–Trinajstić information content (AvgIpc) is 2.52. The molecule has 0 bridgehead atoms. The number of benzene rings is 1. The van der Waals surface area contributed by atoms with E-state index in [-0.39, 0.29) is 24.6 Å². The van der Waals surface area contributed by atoms with Gasteiger partial charge in [-0.2, -0.15) is 5.26 Å². The van der Waals surface area contributed by atoms with Crippen LogP contribution in [0.4, 0.5) is 4.39 Å². The van der Waals surface area contributed by atoms with Gasteiger partial charge in [-0.15, -0.1) is 0 Å². The zero-order valence-electron chi connectivity index (χ0n) is 12.6. The molecular weight excluding hydrogens is 285 g/mol. The molecule has 1 unspecified atom stereocenters. The fraction of sp³-hybridized carbons (Fsp3) is 0.400. The van der Waals surface area contributed by atoms with Crippen molar-refractivity contribution < 1.29 is 9.18 Å². The molecule has 1 aliphatic heterocycles. The number of carbonyl (C=O) groups excluding carboxylic acids is 1. The zero-order chi connectivity index (χ0) is 16.1. The summed E-state index contributed by atoms with van der Waals surface area (Å²) < 4.78 is 12.9. The smallest absolute Gasteiger partial charge is 0.255 e. The third kappa shape index (κ3) is 3.73. The molecule has 0 N–H and O–H groups in total. The maximum atomic E-state index is 12.9. The average molecular weight is 303 g/mol. The summed E-state index contributed by atoms with van der Waals surface area (Å²) in [5.41, 5.74) is 0.412. The van der Waals surface area contributed by atoms with Gasteiger partial charge in [-0.3, -0.25) is 14.7 Å². The molecule has 0 aliphatic carbocycles. The molecule has 1 saturated heterocycles. The maximum Gasteiger partial charge on any atom is 0.255 e. The van der Waals surface area contributed by atoms with Crippen LogP contribution < -0.4 is 0 Å². The van der Waals surface area contributed by atoms with Gasteiger partial charge in [0.2, 0.25) is 0 Å². The lowest BCUT2D eigenvalue weighted by Gasteiger charge is -2.36. The Labute approximate surface area is 129 Å². The molecule has 2 rings (SSSR count). The molecule has 0 spiro atoms. The van der Waals surface area contributed by atoms with E-state index in [0.717, 1.165) is 0 Å². The van der Waals surface area contributed by atoms with Gasteiger partial charge in [0.15, 0.2) is 6.19 Å². The maximum absolute atomic E-state index is 12.9. The van der Waals surface area contributed by atoms with Crippen LogP contribution >= 0.6 is 0 Å². The number of rotatable bonds is 3. The number of halogens is 1. The van der Waals surface area contributed by atoms with Crippen molar-refractivity contribution in [2.75, 3.05) is 27.3 Å². The first kappa shape index (κ1) is 15.8. The van der Waals surface area contributed by atoms with E-state index in [1.165, 1.54) is 29.2 Å². The number of hydrogen-bond acceptors (Lipinski definition) is 4. The summed E-state index contributed by atoms with van der Waals surface area (Å²) in [5, 5.41) is 9.23. The second kappa shape index (κ2) is 6.89. The Kier molecular flexibility index (Phi) is 4.94. The van der Waals surface area contributed by atoms with E-state index in [4.69, 9.17) is 0 Å². The summed E-state index contributed by atoms with van der Waals surface area (Å²) in [7, 11) is 3.71. The summed E-state index contributed by atoms with van der Waals surface area (Å²) in [4.78, 5) is 21.5. The van der Waals surface area contributed by atoms with E-state index in [1.54, 1.807) is 16.1 Å². The Bertz CT molecular complexity index is 593. The van der Waals surface area contributed by atoms with Crippen molar-refractivity contribution in [3.05, 3.63) is 35.6 Å². The standard InChI is InChI=1S/C15H18FN5O/c1-19(2)10-18-14-7-8-20(11-21(14)9-17)15(22)12-3-5-13(16)6-4-12/h3-6,10,14H,7-8,11H2,1-2H3. The van der Waals surface area contributed by atoms with Gasteiger partial charge in [-0.1, -0.05) is 0 Å². The molecule has 1 aliphatic rings. The molecule has 1 atom stereocenters. The number of nitrogens with zero attached hydrogens (tertiary/aromatic N) is 5. The Morgan fingerprint density at radius 1 is 1.45 bits per heavy atom. The first-order valence-corrected chi connectivity index (χ1v) is 6.92. The van der Waals surface area contributed by atoms with Crippen LogP contribution in [0.3, 0.4) is 0 Å². The molecule has 0 saturated carbocycles. The van der Waals surface area contributed by atoms with Gasteiger partial charge < -0.3 is 9.80 Å². The lowest BCUT2D eigenvalue weighted by atomic mass is 10.1.